The number of amides is 1. The van der Waals surface area contributed by atoms with Crippen LogP contribution < -0.4 is 15.2 Å². The van der Waals surface area contributed by atoms with Crippen LogP contribution in [0.1, 0.15) is 97.1 Å². The number of hydrogen-bond acceptors (Lipinski definition) is 9. The highest BCUT2D eigenvalue weighted by Gasteiger charge is 2.66. The summed E-state index contributed by atoms with van der Waals surface area (Å²) in [5.41, 5.74) is 8.58. The van der Waals surface area contributed by atoms with Gasteiger partial charge in [0.1, 0.15) is 5.75 Å². The molecule has 2 saturated heterocycles. The summed E-state index contributed by atoms with van der Waals surface area (Å²) < 4.78 is 58.1. The molecule has 56 heavy (non-hydrogen) atoms. The lowest BCUT2D eigenvalue weighted by Gasteiger charge is -2.24. The van der Waals surface area contributed by atoms with Crippen LogP contribution in [0.25, 0.3) is 0 Å². The molecular formula is C42H65N5O7S2. The van der Waals surface area contributed by atoms with E-state index in [1.165, 1.54) is 75.6 Å². The molecule has 4 atom stereocenters. The molecule has 6 rings (SSSR count). The standard InChI is InChI=1S/C22H34N2O4S.C20H31N3O3S/c1-4-6-7-8-12-24-14-19-20(15-24)22(19,3)17-10-9-11-18(13-17)23-29(26,27)16-21(25)28-5-2;1-3-4-5-6-10-23-12-17-18(13-23)20(17,2)15-8-7-9-16(11-15)22-27(25,26)14-19(21)24/h9-11,13,19-20,23H,4-8,12,14-16H2,1-3H3;7-9,11,17-18,22H,3-6,10,12-14H2,1-2H3,(H2,21,24). The van der Waals surface area contributed by atoms with Crippen molar-refractivity contribution >= 4 is 43.3 Å². The Balaban J connectivity index is 0.000000215. The van der Waals surface area contributed by atoms with E-state index in [4.69, 9.17) is 10.5 Å². The Morgan fingerprint density at radius 1 is 0.679 bits per heavy atom. The van der Waals surface area contributed by atoms with Crippen LogP contribution in [0.3, 0.4) is 0 Å². The Kier molecular flexibility index (Phi) is 14.6. The van der Waals surface area contributed by atoms with Gasteiger partial charge in [-0.2, -0.15) is 0 Å². The summed E-state index contributed by atoms with van der Waals surface area (Å²) >= 11 is 0. The third kappa shape index (κ3) is 10.8. The summed E-state index contributed by atoms with van der Waals surface area (Å²) in [4.78, 5) is 27.6. The largest absolute Gasteiger partial charge is 0.465 e. The van der Waals surface area contributed by atoms with E-state index in [0.717, 1.165) is 26.2 Å². The van der Waals surface area contributed by atoms with Gasteiger partial charge < -0.3 is 20.3 Å². The summed E-state index contributed by atoms with van der Waals surface area (Å²) in [6.45, 7) is 17.8. The number of carbonyl (C=O) groups excluding carboxylic acids is 2. The summed E-state index contributed by atoms with van der Waals surface area (Å²) in [6.07, 6.45) is 10.4. The SMILES string of the molecule is CCCCCCN1CC2C(C1)C2(C)c1cccc(NS(=O)(=O)CC(=O)OCC)c1.CCCCCCN1CC2C(C1)C2(C)c1cccc(NS(=O)(=O)CC(N)=O)c1. The number of unbranched alkanes of at least 4 members (excludes halogenated alkanes) is 6. The number of ether oxygens (including phenoxy) is 1. The van der Waals surface area contributed by atoms with Crippen molar-refractivity contribution in [1.82, 2.24) is 9.80 Å². The van der Waals surface area contributed by atoms with E-state index in [9.17, 15) is 26.4 Å². The highest BCUT2D eigenvalue weighted by atomic mass is 32.2. The van der Waals surface area contributed by atoms with Crippen molar-refractivity contribution in [3.8, 4) is 0 Å². The molecule has 2 aromatic carbocycles. The zero-order valence-corrected chi connectivity index (χ0v) is 35.7. The summed E-state index contributed by atoms with van der Waals surface area (Å²) in [6, 6.07) is 15.2. The van der Waals surface area contributed by atoms with Crippen molar-refractivity contribution in [1.29, 1.82) is 0 Å². The lowest BCUT2D eigenvalue weighted by Crippen LogP contribution is -2.30. The van der Waals surface area contributed by atoms with E-state index in [-0.39, 0.29) is 17.4 Å². The van der Waals surface area contributed by atoms with E-state index in [1.54, 1.807) is 19.1 Å². The lowest BCUT2D eigenvalue weighted by atomic mass is 9.92. The predicted molar refractivity (Wildman–Crippen MR) is 223 cm³/mol. The molecule has 4 N–H and O–H groups in total. The number of rotatable bonds is 21. The number of sulfonamides is 2. The Labute approximate surface area is 335 Å². The number of esters is 1. The molecule has 0 radical (unpaired) electrons. The van der Waals surface area contributed by atoms with Crippen LogP contribution in [0, 0.1) is 23.7 Å². The number of nitrogens with one attached hydrogen (secondary N) is 2. The van der Waals surface area contributed by atoms with Crippen LogP contribution in [-0.4, -0.2) is 95.9 Å². The Morgan fingerprint density at radius 3 is 1.46 bits per heavy atom. The van der Waals surface area contributed by atoms with Gasteiger partial charge in [0.15, 0.2) is 5.75 Å². The number of fused-ring (bicyclic) bond motifs is 2. The molecule has 12 nitrogen and oxygen atoms in total. The molecule has 0 spiro atoms. The molecule has 0 aromatic heterocycles. The fourth-order valence-electron chi connectivity index (χ4n) is 9.48. The summed E-state index contributed by atoms with van der Waals surface area (Å²) in [7, 11) is -7.52. The van der Waals surface area contributed by atoms with Crippen molar-refractivity contribution < 1.29 is 31.2 Å². The van der Waals surface area contributed by atoms with Crippen molar-refractivity contribution in [2.75, 3.05) is 66.8 Å². The number of nitrogens with zero attached hydrogens (tertiary/aromatic N) is 2. The van der Waals surface area contributed by atoms with E-state index in [1.807, 2.05) is 24.3 Å². The minimum Gasteiger partial charge on any atom is -0.465 e. The minimum absolute atomic E-state index is 0.114. The predicted octanol–water partition coefficient (Wildman–Crippen LogP) is 5.70. The number of carbonyl (C=O) groups is 2. The molecule has 0 bridgehead atoms. The average molecular weight is 816 g/mol. The van der Waals surface area contributed by atoms with Gasteiger partial charge in [-0.1, -0.05) is 90.5 Å². The second-order valence-corrected chi connectivity index (χ2v) is 20.2. The highest BCUT2D eigenvalue weighted by Crippen LogP contribution is 2.64. The Bertz CT molecular complexity index is 1860. The molecule has 4 aliphatic rings. The smallest absolute Gasteiger partial charge is 0.323 e. The van der Waals surface area contributed by atoms with Crippen LogP contribution in [0.5, 0.6) is 0 Å². The van der Waals surface area contributed by atoms with Crippen LogP contribution in [0.15, 0.2) is 48.5 Å². The third-order valence-corrected chi connectivity index (χ3v) is 15.1. The summed E-state index contributed by atoms with van der Waals surface area (Å²) in [5.74, 6) is -0.407. The van der Waals surface area contributed by atoms with Crippen molar-refractivity contribution in [2.45, 2.75) is 96.8 Å². The number of likely N-dealkylation sites (tertiary alicyclic amines) is 2. The molecule has 1 amide bonds. The second kappa shape index (κ2) is 18.6. The van der Waals surface area contributed by atoms with Gasteiger partial charge in [0, 0.05) is 48.4 Å². The molecule has 2 aromatic rings. The van der Waals surface area contributed by atoms with Gasteiger partial charge in [-0.15, -0.1) is 0 Å². The number of anilines is 2. The van der Waals surface area contributed by atoms with Gasteiger partial charge in [-0.05, 0) is 91.9 Å². The van der Waals surface area contributed by atoms with E-state index < -0.39 is 43.4 Å². The number of nitrogens with two attached hydrogens (primary N) is 1. The lowest BCUT2D eigenvalue weighted by molar-refractivity contribution is -0.140. The fraction of sp³-hybridized carbons (Fsp3) is 0.667. The Hall–Kier alpha value is -3.20. The van der Waals surface area contributed by atoms with Gasteiger partial charge in [-0.3, -0.25) is 19.0 Å². The number of hydrogen-bond donors (Lipinski definition) is 3. The molecular weight excluding hydrogens is 751 g/mol. The molecule has 312 valence electrons. The summed E-state index contributed by atoms with van der Waals surface area (Å²) in [5, 5.41) is 0. The fourth-order valence-corrected chi connectivity index (χ4v) is 11.4. The van der Waals surface area contributed by atoms with E-state index in [2.05, 4.69) is 59.1 Å². The van der Waals surface area contributed by atoms with Crippen molar-refractivity contribution in [3.63, 3.8) is 0 Å². The monoisotopic (exact) mass is 815 g/mol. The maximum absolute atomic E-state index is 12.2. The van der Waals surface area contributed by atoms with Crippen LogP contribution >= 0.6 is 0 Å². The molecule has 2 heterocycles. The first kappa shape index (κ1) is 43.9. The van der Waals surface area contributed by atoms with Crippen molar-refractivity contribution in [3.05, 3.63) is 59.7 Å². The average Bonchev–Trinajstić information content (AvgIpc) is 3.60. The van der Waals surface area contributed by atoms with Crippen molar-refractivity contribution in [2.24, 2.45) is 29.4 Å². The zero-order valence-electron chi connectivity index (χ0n) is 34.1. The van der Waals surface area contributed by atoms with E-state index >= 15 is 0 Å². The first-order valence-corrected chi connectivity index (χ1v) is 24.0. The molecule has 2 aliphatic carbocycles. The molecule has 2 saturated carbocycles. The molecule has 4 unspecified atom stereocenters. The highest BCUT2D eigenvalue weighted by molar-refractivity contribution is 7.93. The number of piperidine rings is 2. The van der Waals surface area contributed by atoms with E-state index in [0.29, 0.717) is 35.0 Å². The zero-order chi connectivity index (χ0) is 40.7. The molecule has 2 aliphatic heterocycles. The second-order valence-electron chi connectivity index (χ2n) is 16.8. The number of primary amides is 1. The van der Waals surface area contributed by atoms with Crippen LogP contribution in [0.2, 0.25) is 0 Å². The first-order valence-electron chi connectivity index (χ1n) is 20.7. The van der Waals surface area contributed by atoms with Gasteiger partial charge in [0.2, 0.25) is 26.0 Å². The first-order chi connectivity index (χ1) is 26.6. The van der Waals surface area contributed by atoms with Crippen LogP contribution in [0.4, 0.5) is 11.4 Å². The van der Waals surface area contributed by atoms with Gasteiger partial charge in [-0.25, -0.2) is 16.8 Å². The van der Waals surface area contributed by atoms with Gasteiger partial charge in [0.25, 0.3) is 0 Å². The minimum atomic E-state index is -3.77. The van der Waals surface area contributed by atoms with Crippen LogP contribution in [-0.2, 0) is 45.2 Å². The topological polar surface area (TPSA) is 168 Å². The third-order valence-electron chi connectivity index (χ3n) is 12.8. The maximum Gasteiger partial charge on any atom is 0.323 e. The quantitative estimate of drug-likeness (QED) is 0.106. The molecule has 14 heteroatoms. The normalized spacial score (nSPS) is 26.7. The molecule has 4 fully saturated rings. The number of benzene rings is 2. The van der Waals surface area contributed by atoms with Gasteiger partial charge in [0.05, 0.1) is 6.61 Å². The maximum atomic E-state index is 12.2. The van der Waals surface area contributed by atoms with Gasteiger partial charge >= 0.3 is 5.97 Å². The Morgan fingerprint density at radius 2 is 1.09 bits per heavy atom.